The molecule has 160 valence electrons. The van der Waals surface area contributed by atoms with Gasteiger partial charge in [0.2, 0.25) is 27.6 Å². The van der Waals surface area contributed by atoms with Crippen LogP contribution in [0.25, 0.3) is 10.7 Å². The summed E-state index contributed by atoms with van der Waals surface area (Å²) < 4.78 is 31.3. The minimum atomic E-state index is -3.68. The fourth-order valence-electron chi connectivity index (χ4n) is 3.11. The highest BCUT2D eigenvalue weighted by atomic mass is 32.2. The van der Waals surface area contributed by atoms with E-state index < -0.39 is 16.1 Å². The summed E-state index contributed by atoms with van der Waals surface area (Å²) in [5, 5.41) is 5.85. The van der Waals surface area contributed by atoms with Crippen LogP contribution in [-0.2, 0) is 27.8 Å². The quantitative estimate of drug-likeness (QED) is 0.525. The molecule has 30 heavy (non-hydrogen) atoms. The maximum absolute atomic E-state index is 13.0. The smallest absolute Gasteiger partial charge is 0.246 e. The molecule has 0 spiro atoms. The van der Waals surface area contributed by atoms with E-state index in [1.807, 2.05) is 36.6 Å². The van der Waals surface area contributed by atoms with E-state index in [1.54, 1.807) is 26.1 Å². The molecule has 0 aliphatic heterocycles. The van der Waals surface area contributed by atoms with Crippen molar-refractivity contribution in [1.82, 2.24) is 15.0 Å². The first kappa shape index (κ1) is 22.0. The molecule has 0 N–H and O–H groups in total. The fourth-order valence-corrected chi connectivity index (χ4v) is 4.92. The third-order valence-corrected chi connectivity index (χ3v) is 6.73. The SMILES string of the molecule is CCc1ccc(N([C@@H](C)C(=O)N(C)Cc2nc(-c3cccs3)no2)S(C)(=O)=O)cc1. The Morgan fingerprint density at radius 2 is 1.93 bits per heavy atom. The predicted octanol–water partition coefficient (Wildman–Crippen LogP) is 3.17. The topological polar surface area (TPSA) is 96.6 Å². The van der Waals surface area contributed by atoms with Gasteiger partial charge in [0.05, 0.1) is 23.4 Å². The van der Waals surface area contributed by atoms with E-state index in [4.69, 9.17) is 4.52 Å². The Bertz CT molecular complexity index is 1090. The number of thiophene rings is 1. The lowest BCUT2D eigenvalue weighted by atomic mass is 10.1. The average molecular weight is 449 g/mol. The molecule has 0 radical (unpaired) electrons. The molecule has 8 nitrogen and oxygen atoms in total. The van der Waals surface area contributed by atoms with E-state index in [1.165, 1.54) is 16.2 Å². The van der Waals surface area contributed by atoms with E-state index >= 15 is 0 Å². The highest BCUT2D eigenvalue weighted by Gasteiger charge is 2.31. The molecule has 3 aromatic rings. The number of rotatable bonds is 8. The number of sulfonamides is 1. The van der Waals surface area contributed by atoms with E-state index in [0.29, 0.717) is 11.5 Å². The largest absolute Gasteiger partial charge is 0.337 e. The molecule has 0 aliphatic carbocycles. The molecule has 0 fully saturated rings. The standard InChI is InChI=1S/C20H24N4O4S2/c1-5-15-8-10-16(11-9-15)24(30(4,26)27)14(2)20(25)23(3)13-18-21-19(22-28-18)17-7-6-12-29-17/h6-12,14H,5,13H2,1-4H3/t14-/m0/s1. The van der Waals surface area contributed by atoms with Crippen LogP contribution in [0.4, 0.5) is 5.69 Å². The first-order valence-corrected chi connectivity index (χ1v) is 12.1. The number of anilines is 1. The molecule has 0 aliphatic rings. The van der Waals surface area contributed by atoms with Crippen LogP contribution < -0.4 is 4.31 Å². The fraction of sp³-hybridized carbons (Fsp3) is 0.350. The molecule has 0 saturated carbocycles. The maximum atomic E-state index is 13.0. The Morgan fingerprint density at radius 3 is 2.50 bits per heavy atom. The van der Waals surface area contributed by atoms with Crippen molar-refractivity contribution in [3.8, 4) is 10.7 Å². The number of nitrogens with zero attached hydrogens (tertiary/aromatic N) is 4. The molecule has 10 heteroatoms. The number of amides is 1. The third-order valence-electron chi connectivity index (χ3n) is 4.62. The third kappa shape index (κ3) is 4.88. The van der Waals surface area contributed by atoms with Gasteiger partial charge in [-0.2, -0.15) is 4.98 Å². The first-order valence-electron chi connectivity index (χ1n) is 9.40. The summed E-state index contributed by atoms with van der Waals surface area (Å²) in [6.07, 6.45) is 1.93. The van der Waals surface area contributed by atoms with Crippen molar-refractivity contribution in [3.63, 3.8) is 0 Å². The lowest BCUT2D eigenvalue weighted by Gasteiger charge is -2.30. The van der Waals surface area contributed by atoms with Crippen molar-refractivity contribution < 1.29 is 17.7 Å². The van der Waals surface area contributed by atoms with Gasteiger partial charge in [0, 0.05) is 7.05 Å². The summed E-state index contributed by atoms with van der Waals surface area (Å²) in [6.45, 7) is 3.66. The lowest BCUT2D eigenvalue weighted by Crippen LogP contribution is -2.48. The second-order valence-electron chi connectivity index (χ2n) is 6.94. The van der Waals surface area contributed by atoms with Crippen molar-refractivity contribution in [3.05, 3.63) is 53.2 Å². The van der Waals surface area contributed by atoms with Crippen molar-refractivity contribution in [1.29, 1.82) is 0 Å². The van der Waals surface area contributed by atoms with Crippen molar-refractivity contribution in [2.75, 3.05) is 17.6 Å². The van der Waals surface area contributed by atoms with Crippen LogP contribution in [0.15, 0.2) is 46.3 Å². The molecule has 2 heterocycles. The van der Waals surface area contributed by atoms with Gasteiger partial charge in [0.1, 0.15) is 6.04 Å². The zero-order valence-electron chi connectivity index (χ0n) is 17.3. The number of aromatic nitrogens is 2. The van der Waals surface area contributed by atoms with E-state index in [9.17, 15) is 13.2 Å². The normalized spacial score (nSPS) is 12.5. The number of benzene rings is 1. The number of carbonyl (C=O) groups excluding carboxylic acids is 1. The van der Waals surface area contributed by atoms with Crippen LogP contribution >= 0.6 is 11.3 Å². The van der Waals surface area contributed by atoms with Crippen LogP contribution in [-0.4, -0.2) is 48.7 Å². The molecule has 0 unspecified atom stereocenters. The highest BCUT2D eigenvalue weighted by Crippen LogP contribution is 2.24. The van der Waals surface area contributed by atoms with Gasteiger partial charge in [-0.15, -0.1) is 11.3 Å². The zero-order valence-corrected chi connectivity index (χ0v) is 18.9. The average Bonchev–Trinajstić information content (AvgIpc) is 3.38. The van der Waals surface area contributed by atoms with Gasteiger partial charge in [0.15, 0.2) is 0 Å². The summed E-state index contributed by atoms with van der Waals surface area (Å²) in [5.74, 6) is 0.359. The highest BCUT2D eigenvalue weighted by molar-refractivity contribution is 7.92. The van der Waals surface area contributed by atoms with Gasteiger partial charge in [-0.05, 0) is 42.5 Å². The second kappa shape index (κ2) is 8.97. The van der Waals surface area contributed by atoms with Crippen LogP contribution in [0.5, 0.6) is 0 Å². The summed E-state index contributed by atoms with van der Waals surface area (Å²) in [7, 11) is -2.10. The van der Waals surface area contributed by atoms with Crippen molar-refractivity contribution in [2.24, 2.45) is 0 Å². The number of hydrogen-bond acceptors (Lipinski definition) is 7. The summed E-state index contributed by atoms with van der Waals surface area (Å²) in [4.78, 5) is 19.6. The molecule has 0 bridgehead atoms. The molecule has 1 amide bonds. The summed E-state index contributed by atoms with van der Waals surface area (Å²) >= 11 is 1.49. The summed E-state index contributed by atoms with van der Waals surface area (Å²) in [6, 6.07) is 9.99. The molecule has 1 aromatic carbocycles. The Morgan fingerprint density at radius 1 is 1.23 bits per heavy atom. The van der Waals surface area contributed by atoms with Gasteiger partial charge < -0.3 is 9.42 Å². The number of likely N-dealkylation sites (N-methyl/N-ethyl adjacent to an activating group) is 1. The van der Waals surface area contributed by atoms with E-state index in [2.05, 4.69) is 10.1 Å². The monoisotopic (exact) mass is 448 g/mol. The first-order chi connectivity index (χ1) is 14.2. The molecule has 0 saturated heterocycles. The van der Waals surface area contributed by atoms with Crippen LogP contribution in [0.3, 0.4) is 0 Å². The van der Waals surface area contributed by atoms with Crippen LogP contribution in [0, 0.1) is 0 Å². The Hall–Kier alpha value is -2.72. The minimum Gasteiger partial charge on any atom is -0.337 e. The van der Waals surface area contributed by atoms with Crippen LogP contribution in [0.2, 0.25) is 0 Å². The minimum absolute atomic E-state index is 0.0773. The number of hydrogen-bond donors (Lipinski definition) is 0. The predicted molar refractivity (Wildman–Crippen MR) is 117 cm³/mol. The molecular weight excluding hydrogens is 424 g/mol. The van der Waals surface area contributed by atoms with Gasteiger partial charge in [-0.25, -0.2) is 8.42 Å². The van der Waals surface area contributed by atoms with Crippen LogP contribution in [0.1, 0.15) is 25.3 Å². The molecule has 3 rings (SSSR count). The molecule has 1 atom stereocenters. The van der Waals surface area contributed by atoms with Gasteiger partial charge >= 0.3 is 0 Å². The van der Waals surface area contributed by atoms with Gasteiger partial charge in [-0.3, -0.25) is 9.10 Å². The van der Waals surface area contributed by atoms with Gasteiger partial charge in [0.25, 0.3) is 0 Å². The van der Waals surface area contributed by atoms with Crippen molar-refractivity contribution in [2.45, 2.75) is 32.9 Å². The Labute approximate surface area is 180 Å². The lowest BCUT2D eigenvalue weighted by molar-refractivity contribution is -0.131. The second-order valence-corrected chi connectivity index (χ2v) is 9.75. The Balaban J connectivity index is 1.77. The number of carbonyl (C=O) groups is 1. The molecular formula is C20H24N4O4S2. The Kier molecular flexibility index (Phi) is 6.57. The van der Waals surface area contributed by atoms with E-state index in [0.717, 1.165) is 27.4 Å². The number of aryl methyl sites for hydroxylation is 1. The zero-order chi connectivity index (χ0) is 21.9. The maximum Gasteiger partial charge on any atom is 0.246 e. The summed E-state index contributed by atoms with van der Waals surface area (Å²) in [5.41, 5.74) is 1.53. The van der Waals surface area contributed by atoms with Gasteiger partial charge in [-0.1, -0.05) is 30.3 Å². The van der Waals surface area contributed by atoms with Crippen molar-refractivity contribution >= 4 is 33.0 Å². The van der Waals surface area contributed by atoms with E-state index in [-0.39, 0.29) is 18.3 Å². The molecule has 2 aromatic heterocycles.